The number of esters is 1. The first kappa shape index (κ1) is 23.2. The Morgan fingerprint density at radius 1 is 1.15 bits per heavy atom. The van der Waals surface area contributed by atoms with E-state index in [9.17, 15) is 18.0 Å². The Kier molecular flexibility index (Phi) is 6.94. The number of hydrogen-bond donors (Lipinski definition) is 1. The summed E-state index contributed by atoms with van der Waals surface area (Å²) in [5.74, 6) is -1.23. The van der Waals surface area contributed by atoms with Crippen molar-refractivity contribution in [1.29, 1.82) is 0 Å². The van der Waals surface area contributed by atoms with Crippen molar-refractivity contribution in [2.75, 3.05) is 38.2 Å². The average molecular weight is 493 g/mol. The van der Waals surface area contributed by atoms with Crippen molar-refractivity contribution in [3.8, 4) is 0 Å². The third-order valence-electron chi connectivity index (χ3n) is 4.99. The zero-order chi connectivity index (χ0) is 23.4. The van der Waals surface area contributed by atoms with Crippen LogP contribution in [0.3, 0.4) is 0 Å². The Balaban J connectivity index is 1.36. The van der Waals surface area contributed by atoms with Crippen molar-refractivity contribution < 1.29 is 27.5 Å². The average Bonchev–Trinajstić information content (AvgIpc) is 3.22. The minimum Gasteiger partial charge on any atom is -0.454 e. The lowest BCUT2D eigenvalue weighted by molar-refractivity contribution is -0.147. The Bertz CT molecular complexity index is 1290. The van der Waals surface area contributed by atoms with Crippen LogP contribution in [-0.4, -0.2) is 67.1 Å². The number of carbonyl (C=O) groups excluding carboxylic acids is 2. The summed E-state index contributed by atoms with van der Waals surface area (Å²) < 4.78 is 39.0. The number of rotatable bonds is 7. The lowest BCUT2D eigenvalue weighted by Crippen LogP contribution is -2.40. The molecule has 0 spiro atoms. The summed E-state index contributed by atoms with van der Waals surface area (Å²) in [5, 5.41) is 2.57. The van der Waals surface area contributed by atoms with E-state index in [1.165, 1.54) is 28.8 Å². The van der Waals surface area contributed by atoms with E-state index < -0.39 is 28.5 Å². The van der Waals surface area contributed by atoms with Gasteiger partial charge in [-0.25, -0.2) is 13.4 Å². The van der Waals surface area contributed by atoms with E-state index in [1.807, 2.05) is 24.3 Å². The molecule has 1 aliphatic heterocycles. The number of fused-ring (bicyclic) bond motifs is 1. The van der Waals surface area contributed by atoms with Crippen LogP contribution < -0.4 is 5.32 Å². The van der Waals surface area contributed by atoms with Gasteiger partial charge in [0.15, 0.2) is 6.61 Å². The molecule has 0 unspecified atom stereocenters. The molecule has 0 atom stereocenters. The fourth-order valence-corrected chi connectivity index (χ4v) is 5.28. The Morgan fingerprint density at radius 3 is 2.70 bits per heavy atom. The summed E-state index contributed by atoms with van der Waals surface area (Å²) in [6, 6.07) is 11.5. The third-order valence-corrected chi connectivity index (χ3v) is 7.37. The monoisotopic (exact) mass is 492 g/mol. The molecule has 1 aromatic heterocycles. The van der Waals surface area contributed by atoms with Crippen molar-refractivity contribution in [1.82, 2.24) is 13.9 Å². The molecule has 0 saturated carbocycles. The Hall–Kier alpha value is -2.99. The van der Waals surface area contributed by atoms with Gasteiger partial charge in [0.25, 0.3) is 5.91 Å². The molecule has 4 rings (SSSR count). The van der Waals surface area contributed by atoms with Gasteiger partial charge in [0.1, 0.15) is 11.4 Å². The molecular formula is C21H21ClN4O6S. The van der Waals surface area contributed by atoms with Crippen LogP contribution in [0, 0.1) is 0 Å². The second kappa shape index (κ2) is 9.87. The molecule has 3 aromatic rings. The number of amides is 1. The molecule has 1 N–H and O–H groups in total. The first-order chi connectivity index (χ1) is 15.8. The molecule has 2 aromatic carbocycles. The van der Waals surface area contributed by atoms with Gasteiger partial charge in [0.2, 0.25) is 10.0 Å². The van der Waals surface area contributed by atoms with Gasteiger partial charge in [-0.05, 0) is 30.3 Å². The second-order valence-corrected chi connectivity index (χ2v) is 9.55. The lowest BCUT2D eigenvalue weighted by atomic mass is 10.3. The minimum atomic E-state index is -3.85. The largest absolute Gasteiger partial charge is 0.454 e. The lowest BCUT2D eigenvalue weighted by Gasteiger charge is -2.26. The second-order valence-electron chi connectivity index (χ2n) is 7.23. The summed E-state index contributed by atoms with van der Waals surface area (Å²) in [4.78, 5) is 28.5. The third kappa shape index (κ3) is 5.33. The Labute approximate surface area is 195 Å². The number of aromatic nitrogens is 2. The minimum absolute atomic E-state index is 0.0403. The number of anilines is 1. The van der Waals surface area contributed by atoms with Gasteiger partial charge in [-0.15, -0.1) is 0 Å². The summed E-state index contributed by atoms with van der Waals surface area (Å²) in [7, 11) is -3.85. The molecule has 33 heavy (non-hydrogen) atoms. The summed E-state index contributed by atoms with van der Waals surface area (Å²) >= 11 is 6.12. The molecule has 2 heterocycles. The number of morpholine rings is 1. The summed E-state index contributed by atoms with van der Waals surface area (Å²) in [6.07, 6.45) is 1.52. The van der Waals surface area contributed by atoms with Crippen molar-refractivity contribution in [3.63, 3.8) is 0 Å². The molecule has 1 saturated heterocycles. The van der Waals surface area contributed by atoms with E-state index in [1.54, 1.807) is 4.57 Å². The first-order valence-corrected chi connectivity index (χ1v) is 11.9. The molecule has 1 amide bonds. The zero-order valence-corrected chi connectivity index (χ0v) is 19.0. The highest BCUT2D eigenvalue weighted by Gasteiger charge is 2.28. The standard InChI is InChI=1S/C21H21ClN4O6S/c22-16-6-5-15(11-19(16)33(29,30)26-7-9-31-10-8-26)24-20(27)13-32-21(28)12-25-14-23-17-3-1-2-4-18(17)25/h1-6,11,14H,7-10,12-13H2,(H,24,27). The number of halogens is 1. The van der Waals surface area contributed by atoms with Gasteiger partial charge >= 0.3 is 5.97 Å². The summed E-state index contributed by atoms with van der Waals surface area (Å²) in [5.41, 5.74) is 1.73. The maximum Gasteiger partial charge on any atom is 0.326 e. The van der Waals surface area contributed by atoms with Crippen molar-refractivity contribution in [2.24, 2.45) is 0 Å². The smallest absolute Gasteiger partial charge is 0.326 e. The number of imidazole rings is 1. The maximum absolute atomic E-state index is 12.9. The van der Waals surface area contributed by atoms with E-state index in [4.69, 9.17) is 21.1 Å². The van der Waals surface area contributed by atoms with Gasteiger partial charge < -0.3 is 19.4 Å². The maximum atomic E-state index is 12.9. The molecule has 174 valence electrons. The first-order valence-electron chi connectivity index (χ1n) is 10.1. The van der Waals surface area contributed by atoms with E-state index in [0.29, 0.717) is 13.2 Å². The van der Waals surface area contributed by atoms with Crippen molar-refractivity contribution in [2.45, 2.75) is 11.4 Å². The fourth-order valence-electron chi connectivity index (χ4n) is 3.37. The van der Waals surface area contributed by atoms with Crippen molar-refractivity contribution >= 4 is 50.2 Å². The van der Waals surface area contributed by atoms with Crippen LogP contribution in [0.15, 0.2) is 53.7 Å². The molecule has 0 bridgehead atoms. The van der Waals surface area contributed by atoms with Gasteiger partial charge in [-0.3, -0.25) is 9.59 Å². The van der Waals surface area contributed by atoms with Crippen LogP contribution in [0.1, 0.15) is 0 Å². The molecule has 1 aliphatic rings. The quantitative estimate of drug-likeness (QED) is 0.500. The molecule has 10 nitrogen and oxygen atoms in total. The summed E-state index contributed by atoms with van der Waals surface area (Å²) in [6.45, 7) is 0.409. The fraction of sp³-hybridized carbons (Fsp3) is 0.286. The van der Waals surface area contributed by atoms with Crippen LogP contribution in [0.5, 0.6) is 0 Å². The van der Waals surface area contributed by atoms with E-state index in [0.717, 1.165) is 11.0 Å². The molecule has 0 aliphatic carbocycles. The Morgan fingerprint density at radius 2 is 1.91 bits per heavy atom. The van der Waals surface area contributed by atoms with Crippen LogP contribution in [-0.2, 0) is 35.6 Å². The van der Waals surface area contributed by atoms with Crippen LogP contribution in [0.2, 0.25) is 5.02 Å². The van der Waals surface area contributed by atoms with Gasteiger partial charge in [-0.1, -0.05) is 23.7 Å². The molecular weight excluding hydrogens is 472 g/mol. The highest BCUT2D eigenvalue weighted by atomic mass is 35.5. The van der Waals surface area contributed by atoms with Gasteiger partial charge in [0, 0.05) is 18.8 Å². The number of benzene rings is 2. The van der Waals surface area contributed by atoms with Gasteiger partial charge in [0.05, 0.1) is 35.6 Å². The topological polar surface area (TPSA) is 120 Å². The van der Waals surface area contributed by atoms with E-state index in [2.05, 4.69) is 10.3 Å². The predicted octanol–water partition coefficient (Wildman–Crippen LogP) is 1.89. The van der Waals surface area contributed by atoms with Crippen LogP contribution in [0.4, 0.5) is 5.69 Å². The number of nitrogens with one attached hydrogen (secondary N) is 1. The number of hydrogen-bond acceptors (Lipinski definition) is 7. The highest BCUT2D eigenvalue weighted by Crippen LogP contribution is 2.28. The van der Waals surface area contributed by atoms with Gasteiger partial charge in [-0.2, -0.15) is 4.31 Å². The molecule has 0 radical (unpaired) electrons. The predicted molar refractivity (Wildman–Crippen MR) is 120 cm³/mol. The molecule has 1 fully saturated rings. The number of sulfonamides is 1. The van der Waals surface area contributed by atoms with Crippen LogP contribution in [0.25, 0.3) is 11.0 Å². The number of para-hydroxylation sites is 2. The number of ether oxygens (including phenoxy) is 2. The van der Waals surface area contributed by atoms with Crippen LogP contribution >= 0.6 is 11.6 Å². The number of carbonyl (C=O) groups is 2. The van der Waals surface area contributed by atoms with E-state index >= 15 is 0 Å². The number of nitrogens with zero attached hydrogens (tertiary/aromatic N) is 3. The highest BCUT2D eigenvalue weighted by molar-refractivity contribution is 7.89. The molecule has 12 heteroatoms. The van der Waals surface area contributed by atoms with Crippen molar-refractivity contribution in [3.05, 3.63) is 53.8 Å². The van der Waals surface area contributed by atoms with E-state index in [-0.39, 0.29) is 35.2 Å². The SMILES string of the molecule is O=C(COC(=O)Cn1cnc2ccccc21)Nc1ccc(Cl)c(S(=O)(=O)N2CCOCC2)c1. The normalized spacial score (nSPS) is 14.8. The zero-order valence-electron chi connectivity index (χ0n) is 17.4.